The standard InChI is InChI=1S/C6H16N2.2C2H6/c1-3-5-8(2)6-4-7;2*1-2/h3-7H2,1-2H3;2*1-2H3. The topological polar surface area (TPSA) is 29.3 Å². The summed E-state index contributed by atoms with van der Waals surface area (Å²) in [5.41, 5.74) is 5.32. The molecule has 2 heteroatoms. The van der Waals surface area contributed by atoms with Crippen LogP contribution in [-0.4, -0.2) is 31.6 Å². The summed E-state index contributed by atoms with van der Waals surface area (Å²) < 4.78 is 0. The zero-order valence-electron chi connectivity index (χ0n) is 9.85. The van der Waals surface area contributed by atoms with Crippen LogP contribution in [0.25, 0.3) is 0 Å². The normalized spacial score (nSPS) is 8.00. The molecule has 0 atom stereocenters. The molecule has 0 saturated heterocycles. The van der Waals surface area contributed by atoms with Crippen LogP contribution in [0.3, 0.4) is 0 Å². The van der Waals surface area contributed by atoms with E-state index in [1.807, 2.05) is 27.7 Å². The minimum absolute atomic E-state index is 0.774. The van der Waals surface area contributed by atoms with Crippen molar-refractivity contribution in [3.8, 4) is 0 Å². The SMILES string of the molecule is CC.CC.CCCN(C)CCN. The minimum Gasteiger partial charge on any atom is -0.329 e. The third kappa shape index (κ3) is 22.5. The Morgan fingerprint density at radius 1 is 1.00 bits per heavy atom. The molecule has 0 aromatic carbocycles. The molecule has 0 rings (SSSR count). The molecule has 0 saturated carbocycles. The van der Waals surface area contributed by atoms with Gasteiger partial charge in [-0.2, -0.15) is 0 Å². The highest BCUT2D eigenvalue weighted by Crippen LogP contribution is 1.82. The monoisotopic (exact) mass is 176 g/mol. The van der Waals surface area contributed by atoms with Gasteiger partial charge in [0, 0.05) is 13.1 Å². The molecule has 2 N–H and O–H groups in total. The molecule has 0 heterocycles. The number of nitrogens with zero attached hydrogens (tertiary/aromatic N) is 1. The molecule has 0 aromatic rings. The van der Waals surface area contributed by atoms with Gasteiger partial charge in [-0.1, -0.05) is 34.6 Å². The van der Waals surface area contributed by atoms with Crippen LogP contribution < -0.4 is 5.73 Å². The van der Waals surface area contributed by atoms with Crippen molar-refractivity contribution in [3.05, 3.63) is 0 Å². The molecule has 0 aliphatic carbocycles. The molecule has 0 bridgehead atoms. The number of hydrogen-bond acceptors (Lipinski definition) is 2. The van der Waals surface area contributed by atoms with E-state index in [-0.39, 0.29) is 0 Å². The fraction of sp³-hybridized carbons (Fsp3) is 1.00. The fourth-order valence-corrected chi connectivity index (χ4v) is 0.714. The first-order valence-corrected chi connectivity index (χ1v) is 5.20. The highest BCUT2D eigenvalue weighted by Gasteiger charge is 1.90. The lowest BCUT2D eigenvalue weighted by molar-refractivity contribution is 0.344. The quantitative estimate of drug-likeness (QED) is 0.712. The predicted molar refractivity (Wildman–Crippen MR) is 59.5 cm³/mol. The van der Waals surface area contributed by atoms with Crippen molar-refractivity contribution in [3.63, 3.8) is 0 Å². The maximum Gasteiger partial charge on any atom is 0.0102 e. The summed E-state index contributed by atoms with van der Waals surface area (Å²) in [6.07, 6.45) is 1.22. The summed E-state index contributed by atoms with van der Waals surface area (Å²) in [4.78, 5) is 2.24. The van der Waals surface area contributed by atoms with Crippen molar-refractivity contribution in [1.82, 2.24) is 4.90 Å². The van der Waals surface area contributed by atoms with Crippen LogP contribution >= 0.6 is 0 Å². The van der Waals surface area contributed by atoms with E-state index in [9.17, 15) is 0 Å². The predicted octanol–water partition coefficient (Wildman–Crippen LogP) is 2.34. The molecule has 0 radical (unpaired) electrons. The van der Waals surface area contributed by atoms with Gasteiger partial charge in [0.05, 0.1) is 0 Å². The van der Waals surface area contributed by atoms with Crippen molar-refractivity contribution in [2.45, 2.75) is 41.0 Å². The zero-order chi connectivity index (χ0) is 10.4. The Hall–Kier alpha value is -0.0800. The molecule has 0 fully saturated rings. The minimum atomic E-state index is 0.774. The molecule has 0 aliphatic rings. The van der Waals surface area contributed by atoms with Crippen molar-refractivity contribution in [2.75, 3.05) is 26.7 Å². The lowest BCUT2D eigenvalue weighted by atomic mass is 10.4. The Morgan fingerprint density at radius 3 is 1.67 bits per heavy atom. The highest BCUT2D eigenvalue weighted by molar-refractivity contribution is 4.47. The molecule has 2 nitrogen and oxygen atoms in total. The zero-order valence-corrected chi connectivity index (χ0v) is 9.85. The largest absolute Gasteiger partial charge is 0.329 e. The number of nitrogens with two attached hydrogens (primary N) is 1. The lowest BCUT2D eigenvalue weighted by Crippen LogP contribution is -2.25. The highest BCUT2D eigenvalue weighted by atomic mass is 15.1. The van der Waals surface area contributed by atoms with E-state index in [0.29, 0.717) is 0 Å². The Balaban J connectivity index is -0.000000175. The first-order chi connectivity index (χ1) is 5.81. The molecule has 12 heavy (non-hydrogen) atoms. The van der Waals surface area contributed by atoms with Gasteiger partial charge in [0.25, 0.3) is 0 Å². The maximum atomic E-state index is 5.32. The summed E-state index contributed by atoms with van der Waals surface area (Å²) >= 11 is 0. The number of rotatable bonds is 4. The second-order valence-electron chi connectivity index (χ2n) is 2.09. The molecule has 0 spiro atoms. The summed E-state index contributed by atoms with van der Waals surface area (Å²) in [6, 6.07) is 0. The van der Waals surface area contributed by atoms with E-state index < -0.39 is 0 Å². The summed E-state index contributed by atoms with van der Waals surface area (Å²) in [5.74, 6) is 0. The fourth-order valence-electron chi connectivity index (χ4n) is 0.714. The second-order valence-corrected chi connectivity index (χ2v) is 2.09. The van der Waals surface area contributed by atoms with Crippen LogP contribution in [0.4, 0.5) is 0 Å². The third-order valence-electron chi connectivity index (χ3n) is 1.12. The van der Waals surface area contributed by atoms with Gasteiger partial charge in [-0.25, -0.2) is 0 Å². The summed E-state index contributed by atoms with van der Waals surface area (Å²) in [7, 11) is 2.09. The van der Waals surface area contributed by atoms with Gasteiger partial charge in [0.2, 0.25) is 0 Å². The van der Waals surface area contributed by atoms with E-state index in [4.69, 9.17) is 5.73 Å². The van der Waals surface area contributed by atoms with Crippen molar-refractivity contribution in [1.29, 1.82) is 0 Å². The number of likely N-dealkylation sites (N-methyl/N-ethyl adjacent to an activating group) is 1. The van der Waals surface area contributed by atoms with Crippen molar-refractivity contribution in [2.24, 2.45) is 5.73 Å². The van der Waals surface area contributed by atoms with Gasteiger partial charge in [-0.3, -0.25) is 0 Å². The number of hydrogen-bond donors (Lipinski definition) is 1. The van der Waals surface area contributed by atoms with Gasteiger partial charge in [0.15, 0.2) is 0 Å². The third-order valence-corrected chi connectivity index (χ3v) is 1.12. The summed E-state index contributed by atoms with van der Waals surface area (Å²) in [5, 5.41) is 0. The molecule has 0 aliphatic heterocycles. The molecule has 0 unspecified atom stereocenters. The van der Waals surface area contributed by atoms with E-state index in [1.165, 1.54) is 6.42 Å². The Labute approximate surface area is 79.1 Å². The van der Waals surface area contributed by atoms with Gasteiger partial charge in [-0.05, 0) is 20.0 Å². The van der Waals surface area contributed by atoms with Gasteiger partial charge < -0.3 is 10.6 Å². The molecule has 0 amide bonds. The molecular formula is C10H28N2. The van der Waals surface area contributed by atoms with E-state index in [1.54, 1.807) is 0 Å². The van der Waals surface area contributed by atoms with Crippen LogP contribution in [0.5, 0.6) is 0 Å². The van der Waals surface area contributed by atoms with Gasteiger partial charge in [-0.15, -0.1) is 0 Å². The maximum absolute atomic E-state index is 5.32. The van der Waals surface area contributed by atoms with Crippen LogP contribution in [0.2, 0.25) is 0 Å². The van der Waals surface area contributed by atoms with Crippen LogP contribution in [0.15, 0.2) is 0 Å². The lowest BCUT2D eigenvalue weighted by Gasteiger charge is -2.12. The average molecular weight is 176 g/mol. The average Bonchev–Trinajstić information content (AvgIpc) is 2.12. The van der Waals surface area contributed by atoms with E-state index in [2.05, 4.69) is 18.9 Å². The van der Waals surface area contributed by atoms with Gasteiger partial charge >= 0.3 is 0 Å². The first-order valence-electron chi connectivity index (χ1n) is 5.20. The van der Waals surface area contributed by atoms with Crippen molar-refractivity contribution >= 4 is 0 Å². The first kappa shape index (κ1) is 17.9. The molecule has 78 valence electrons. The molecular weight excluding hydrogens is 148 g/mol. The smallest absolute Gasteiger partial charge is 0.0102 e. The molecule has 0 aromatic heterocycles. The van der Waals surface area contributed by atoms with E-state index >= 15 is 0 Å². The Bertz CT molecular complexity index is 41.1. The van der Waals surface area contributed by atoms with Gasteiger partial charge in [0.1, 0.15) is 0 Å². The summed E-state index contributed by atoms with van der Waals surface area (Å²) in [6.45, 7) is 13.1. The van der Waals surface area contributed by atoms with E-state index in [0.717, 1.165) is 19.6 Å². The Kier molecular flexibility index (Phi) is 33.4. The van der Waals surface area contributed by atoms with Crippen molar-refractivity contribution < 1.29 is 0 Å². The van der Waals surface area contributed by atoms with Crippen LogP contribution in [-0.2, 0) is 0 Å². The van der Waals surface area contributed by atoms with Crippen LogP contribution in [0, 0.1) is 0 Å². The second kappa shape index (κ2) is 22.4. The Morgan fingerprint density at radius 2 is 1.42 bits per heavy atom. The van der Waals surface area contributed by atoms with Crippen LogP contribution in [0.1, 0.15) is 41.0 Å².